The summed E-state index contributed by atoms with van der Waals surface area (Å²) in [5, 5.41) is 11.0. The number of alkyl halides is 9. The predicted molar refractivity (Wildman–Crippen MR) is 117 cm³/mol. The lowest BCUT2D eigenvalue weighted by Gasteiger charge is -2.43. The minimum absolute atomic E-state index is 0.0511. The second kappa shape index (κ2) is 8.94. The van der Waals surface area contributed by atoms with E-state index >= 15 is 8.78 Å². The van der Waals surface area contributed by atoms with E-state index in [2.05, 4.69) is 0 Å². The zero-order valence-electron chi connectivity index (χ0n) is 17.8. The fourth-order valence-electron chi connectivity index (χ4n) is 3.94. The molecule has 2 aromatic rings. The maximum atomic E-state index is 15.3. The monoisotopic (exact) mass is 624 g/mol. The molecule has 1 heterocycles. The van der Waals surface area contributed by atoms with Crippen LogP contribution in [0, 0.1) is 0 Å². The van der Waals surface area contributed by atoms with Crippen molar-refractivity contribution in [3.05, 3.63) is 80.9 Å². The van der Waals surface area contributed by atoms with Gasteiger partial charge in [0.25, 0.3) is 5.79 Å². The van der Waals surface area contributed by atoms with Gasteiger partial charge >= 0.3 is 23.9 Å². The molecule has 0 aliphatic carbocycles. The van der Waals surface area contributed by atoms with E-state index < -0.39 is 47.3 Å². The molecule has 1 unspecified atom stereocenters. The quantitative estimate of drug-likeness (QED) is 0.254. The fourth-order valence-corrected chi connectivity index (χ4v) is 5.31. The first-order valence-corrected chi connectivity index (χ1v) is 11.2. The Bertz CT molecular complexity index is 1050. The zero-order chi connectivity index (χ0) is 26.5. The predicted octanol–water partition coefficient (Wildman–Crippen LogP) is 7.61. The summed E-state index contributed by atoms with van der Waals surface area (Å²) < 4.78 is 130. The lowest BCUT2D eigenvalue weighted by atomic mass is 9.84. The van der Waals surface area contributed by atoms with Crippen LogP contribution in [0.1, 0.15) is 30.9 Å². The van der Waals surface area contributed by atoms with E-state index in [-0.39, 0.29) is 21.1 Å². The number of hydrogen-bond acceptors (Lipinski definition) is 2. The van der Waals surface area contributed by atoms with Gasteiger partial charge in [0.05, 0.1) is 0 Å². The van der Waals surface area contributed by atoms with Crippen LogP contribution in [0.25, 0.3) is 0 Å². The Hall–Kier alpha value is -1.80. The first-order valence-electron chi connectivity index (χ1n) is 10.2. The Balaban J connectivity index is 2.35. The summed E-state index contributed by atoms with van der Waals surface area (Å²) in [6.07, 6.45) is -7.64. The number of benzene rings is 2. The molecule has 0 spiro atoms. The highest BCUT2D eigenvalue weighted by molar-refractivity contribution is 14.1. The highest BCUT2D eigenvalue weighted by Gasteiger charge is 2.88. The highest BCUT2D eigenvalue weighted by Crippen LogP contribution is 2.64. The van der Waals surface area contributed by atoms with Crippen molar-refractivity contribution in [2.75, 3.05) is 0 Å². The Morgan fingerprint density at radius 2 is 1.20 bits per heavy atom. The van der Waals surface area contributed by atoms with Crippen LogP contribution in [0.5, 0.6) is 0 Å². The van der Waals surface area contributed by atoms with Gasteiger partial charge in [-0.05, 0) is 40.1 Å². The Morgan fingerprint density at radius 1 is 0.771 bits per heavy atom. The highest BCUT2D eigenvalue weighted by atomic mass is 127. The van der Waals surface area contributed by atoms with Gasteiger partial charge in [0.2, 0.25) is 0 Å². The van der Waals surface area contributed by atoms with Crippen molar-refractivity contribution in [3.63, 3.8) is 0 Å². The van der Waals surface area contributed by atoms with Crippen molar-refractivity contribution < 1.29 is 49.4 Å². The molecule has 2 nitrogen and oxygen atoms in total. The molecule has 0 amide bonds. The molecule has 3 rings (SSSR count). The van der Waals surface area contributed by atoms with Crippen molar-refractivity contribution >= 4 is 22.6 Å². The molecule has 0 saturated carbocycles. The molecule has 1 aliphatic heterocycles. The summed E-state index contributed by atoms with van der Waals surface area (Å²) in [6.45, 7) is 1.42. The molecule has 0 fully saturated rings. The van der Waals surface area contributed by atoms with Crippen LogP contribution in [0.2, 0.25) is 0 Å². The van der Waals surface area contributed by atoms with Crippen LogP contribution in [0.15, 0.2) is 69.8 Å². The molecule has 0 aromatic heterocycles. The van der Waals surface area contributed by atoms with Gasteiger partial charge in [-0.15, -0.1) is 0 Å². The topological polar surface area (TPSA) is 29.5 Å². The van der Waals surface area contributed by atoms with Crippen molar-refractivity contribution in [1.29, 1.82) is 0 Å². The molecule has 1 atom stereocenters. The third-order valence-corrected chi connectivity index (χ3v) is 7.13. The molecule has 1 N–H and O–H groups in total. The molecule has 12 heteroatoms. The van der Waals surface area contributed by atoms with Gasteiger partial charge in [-0.1, -0.05) is 74.0 Å². The normalized spacial score (nSPS) is 21.5. The molecule has 2 aromatic carbocycles. The van der Waals surface area contributed by atoms with Gasteiger partial charge in [-0.25, -0.2) is 0 Å². The summed E-state index contributed by atoms with van der Waals surface area (Å²) in [6, 6.07) is 14.3. The van der Waals surface area contributed by atoms with Crippen molar-refractivity contribution in [1.82, 2.24) is 0 Å². The van der Waals surface area contributed by atoms with Crippen LogP contribution in [0.4, 0.5) is 39.5 Å². The van der Waals surface area contributed by atoms with Crippen LogP contribution < -0.4 is 0 Å². The number of rotatable bonds is 7. The van der Waals surface area contributed by atoms with Gasteiger partial charge in [0.1, 0.15) is 0 Å². The second-order valence-corrected chi connectivity index (χ2v) is 9.00. The Morgan fingerprint density at radius 3 is 1.57 bits per heavy atom. The van der Waals surface area contributed by atoms with Crippen molar-refractivity contribution in [2.24, 2.45) is 0 Å². The summed E-state index contributed by atoms with van der Waals surface area (Å²) >= 11 is 1.48. The smallest absolute Gasteiger partial charge is 0.357 e. The third-order valence-electron chi connectivity index (χ3n) is 5.71. The fraction of sp³-hybridized carbons (Fsp3) is 0.391. The van der Waals surface area contributed by atoms with Crippen LogP contribution >= 0.6 is 22.6 Å². The SMILES string of the molecule is CCCC1=C(I)C(c2ccccc2)(c2ccccc2)OC1(O)C(F)(F)C(F)(F)C(F)(F)C(F)(F)F. The van der Waals surface area contributed by atoms with Gasteiger partial charge in [0.15, 0.2) is 5.60 Å². The average molecular weight is 624 g/mol. The van der Waals surface area contributed by atoms with E-state index in [4.69, 9.17) is 4.74 Å². The summed E-state index contributed by atoms with van der Waals surface area (Å²) in [4.78, 5) is 0. The second-order valence-electron chi connectivity index (χ2n) is 7.92. The van der Waals surface area contributed by atoms with Crippen LogP contribution in [-0.2, 0) is 10.3 Å². The standard InChI is InChI=1S/C23H18F9IO2/c1-2-9-16-17(33)18(14-10-5-3-6-11-14,15-12-7-4-8-13-15)35-19(16,34)20(24,25)21(26,27)22(28,29)23(30,31)32/h3-8,10-13,34H,2,9H2,1H3. The van der Waals surface area contributed by atoms with Crippen LogP contribution in [0.3, 0.4) is 0 Å². The van der Waals surface area contributed by atoms with Crippen molar-refractivity contribution in [2.45, 2.75) is 55.1 Å². The van der Waals surface area contributed by atoms with E-state index in [0.717, 1.165) is 0 Å². The van der Waals surface area contributed by atoms with Crippen LogP contribution in [-0.4, -0.2) is 34.8 Å². The maximum absolute atomic E-state index is 15.3. The van der Waals surface area contributed by atoms with Crippen molar-refractivity contribution in [3.8, 4) is 0 Å². The van der Waals surface area contributed by atoms with Gasteiger partial charge in [0, 0.05) is 9.15 Å². The molecule has 0 bridgehead atoms. The Labute approximate surface area is 207 Å². The lowest BCUT2D eigenvalue weighted by Crippen LogP contribution is -2.69. The largest absolute Gasteiger partial charge is 0.460 e. The number of aliphatic hydroxyl groups is 1. The number of halogens is 10. The average Bonchev–Trinajstić information content (AvgIpc) is 3.03. The molecule has 0 saturated heterocycles. The third kappa shape index (κ3) is 3.86. The van der Waals surface area contributed by atoms with E-state index in [9.17, 15) is 35.8 Å². The molecule has 1 aliphatic rings. The minimum Gasteiger partial charge on any atom is -0.357 e. The molecule has 192 valence electrons. The molecular formula is C23H18F9IO2. The van der Waals surface area contributed by atoms with Gasteiger partial charge < -0.3 is 9.84 Å². The van der Waals surface area contributed by atoms with E-state index in [1.54, 1.807) is 12.1 Å². The maximum Gasteiger partial charge on any atom is 0.460 e. The molecular weight excluding hydrogens is 606 g/mol. The van der Waals surface area contributed by atoms with E-state index in [0.29, 0.717) is 0 Å². The van der Waals surface area contributed by atoms with Gasteiger partial charge in [-0.2, -0.15) is 39.5 Å². The summed E-state index contributed by atoms with van der Waals surface area (Å²) in [7, 11) is 0. The first kappa shape index (κ1) is 27.8. The van der Waals surface area contributed by atoms with E-state index in [1.165, 1.54) is 78.0 Å². The van der Waals surface area contributed by atoms with Gasteiger partial charge in [-0.3, -0.25) is 0 Å². The molecule has 35 heavy (non-hydrogen) atoms. The minimum atomic E-state index is -7.18. The number of hydrogen-bond donors (Lipinski definition) is 1. The lowest BCUT2D eigenvalue weighted by molar-refractivity contribution is -0.441. The summed E-state index contributed by atoms with van der Waals surface area (Å²) in [5.74, 6) is -25.2. The zero-order valence-corrected chi connectivity index (χ0v) is 20.0. The molecule has 0 radical (unpaired) electrons. The first-order chi connectivity index (χ1) is 16.0. The Kier molecular flexibility index (Phi) is 7.10. The summed E-state index contributed by atoms with van der Waals surface area (Å²) in [5.41, 5.74) is -3.00. The van der Waals surface area contributed by atoms with E-state index in [1.807, 2.05) is 0 Å². The number of ether oxygens (including phenoxy) is 1.